The number of benzene rings is 4. The van der Waals surface area contributed by atoms with Crippen molar-refractivity contribution in [3.05, 3.63) is 108 Å². The predicted molar refractivity (Wildman–Crippen MR) is 257 cm³/mol. The monoisotopic (exact) mass is 950 g/mol. The minimum absolute atomic E-state index is 0.0984. The fourth-order valence-electron chi connectivity index (χ4n) is 9.69. The quantitative estimate of drug-likeness (QED) is 0.116. The molecule has 5 fully saturated rings. The van der Waals surface area contributed by atoms with Crippen molar-refractivity contribution in [2.75, 3.05) is 87.0 Å². The van der Waals surface area contributed by atoms with E-state index in [0.29, 0.717) is 101 Å². The van der Waals surface area contributed by atoms with Gasteiger partial charge in [-0.15, -0.1) is 0 Å². The first-order valence-corrected chi connectivity index (χ1v) is 25.8. The van der Waals surface area contributed by atoms with E-state index in [1.165, 1.54) is 0 Å². The highest BCUT2D eigenvalue weighted by molar-refractivity contribution is 7.92. The maximum absolute atomic E-state index is 13.6. The number of amides is 4. The van der Waals surface area contributed by atoms with Crippen molar-refractivity contribution in [2.45, 2.75) is 43.3 Å². The summed E-state index contributed by atoms with van der Waals surface area (Å²) in [6, 6.07) is 30.0. The van der Waals surface area contributed by atoms with E-state index < -0.39 is 33.9 Å². The lowest BCUT2D eigenvalue weighted by atomic mass is 9.72. The summed E-state index contributed by atoms with van der Waals surface area (Å²) in [5.74, 6) is 0.421. The Balaban J connectivity index is 0.688. The molecule has 0 aromatic heterocycles. The second kappa shape index (κ2) is 19.8. The van der Waals surface area contributed by atoms with E-state index in [4.69, 9.17) is 4.74 Å². The molecular weight excluding hydrogens is 893 g/mol. The number of methoxy groups -OCH3 is 1. The predicted octanol–water partition coefficient (Wildman–Crippen LogP) is 4.39. The lowest BCUT2D eigenvalue weighted by Gasteiger charge is -2.38. The van der Waals surface area contributed by atoms with Crippen LogP contribution in [0.3, 0.4) is 0 Å². The molecule has 9 rings (SSSR count). The molecule has 4 aromatic rings. The van der Waals surface area contributed by atoms with Gasteiger partial charge in [-0.2, -0.15) is 0 Å². The van der Waals surface area contributed by atoms with Crippen LogP contribution in [-0.2, 0) is 37.0 Å². The topological polar surface area (TPSA) is 201 Å². The normalized spacial score (nSPS) is 24.0. The number of carbonyl (C=O) groups is 4. The summed E-state index contributed by atoms with van der Waals surface area (Å²) in [7, 11) is 1.57. The van der Waals surface area contributed by atoms with Crippen molar-refractivity contribution in [3.8, 4) is 22.3 Å². The summed E-state index contributed by atoms with van der Waals surface area (Å²) in [6.07, 6.45) is 3.03. The maximum atomic E-state index is 13.6. The molecular formula is C50H58N6O9S2. The second-order valence-corrected chi connectivity index (χ2v) is 21.1. The van der Waals surface area contributed by atoms with Crippen molar-refractivity contribution in [2.24, 2.45) is 17.8 Å². The smallest absolute Gasteiger partial charge is 0.254 e. The number of hydrogen-bond donors (Lipinski definition) is 4. The molecule has 4 atom stereocenters. The van der Waals surface area contributed by atoms with Gasteiger partial charge < -0.3 is 43.7 Å². The number of nitrogens with zero attached hydrogens (tertiary/aromatic N) is 4. The molecule has 15 nitrogen and oxygen atoms in total. The van der Waals surface area contributed by atoms with Crippen LogP contribution in [0, 0.1) is 17.8 Å². The molecule has 5 aliphatic rings. The SMILES string of the molecule is COCC[S+]([O-])Nc1cccc(-c2ccc(C(=O)N3CCN(C(=O)C4(O)CC4C4CC(C[S+]([O-])Nc5cccc(-c6ccc(C(=O)N7CCN(C(=O)C8(O)CC8)CC7)cc6)c5)C4)CC3)cc2)c1. The molecule has 4 N–H and O–H groups in total. The van der Waals surface area contributed by atoms with Crippen LogP contribution in [0.2, 0.25) is 0 Å². The molecule has 4 unspecified atom stereocenters. The number of anilines is 2. The fourth-order valence-corrected chi connectivity index (χ4v) is 11.7. The first kappa shape index (κ1) is 46.9. The van der Waals surface area contributed by atoms with Crippen LogP contribution in [0.15, 0.2) is 97.1 Å². The Kier molecular flexibility index (Phi) is 13.9. The minimum atomic E-state index is -1.38. The zero-order valence-electron chi connectivity index (χ0n) is 37.6. The van der Waals surface area contributed by atoms with Gasteiger partial charge in [0.05, 0.1) is 40.7 Å². The molecule has 0 bridgehead atoms. The van der Waals surface area contributed by atoms with Gasteiger partial charge in [-0.3, -0.25) is 19.2 Å². The molecule has 17 heteroatoms. The summed E-state index contributed by atoms with van der Waals surface area (Å²) in [6.45, 7) is 3.49. The Morgan fingerprint density at radius 3 is 1.58 bits per heavy atom. The minimum Gasteiger partial charge on any atom is -0.593 e. The van der Waals surface area contributed by atoms with Crippen LogP contribution < -0.4 is 9.44 Å². The van der Waals surface area contributed by atoms with Crippen molar-refractivity contribution in [1.29, 1.82) is 0 Å². The average molecular weight is 951 g/mol. The van der Waals surface area contributed by atoms with Crippen LogP contribution in [0.5, 0.6) is 0 Å². The number of aliphatic hydroxyl groups is 2. The third kappa shape index (κ3) is 10.6. The van der Waals surface area contributed by atoms with Gasteiger partial charge in [-0.25, -0.2) is 9.44 Å². The van der Waals surface area contributed by atoms with Crippen LogP contribution in [0.1, 0.15) is 52.8 Å². The Morgan fingerprint density at radius 1 is 0.642 bits per heavy atom. The zero-order valence-corrected chi connectivity index (χ0v) is 39.3. The van der Waals surface area contributed by atoms with Gasteiger partial charge in [0.1, 0.15) is 17.0 Å². The van der Waals surface area contributed by atoms with Crippen LogP contribution in [-0.4, -0.2) is 151 Å². The molecule has 3 aliphatic carbocycles. The highest BCUT2D eigenvalue weighted by Crippen LogP contribution is 2.57. The third-order valence-corrected chi connectivity index (χ3v) is 16.2. The van der Waals surface area contributed by atoms with Crippen molar-refractivity contribution < 1.29 is 43.2 Å². The standard InChI is InChI=1S/C50H58N6O9S2/c1-65-26-27-66(63)51-42-6-2-4-39(30-42)35-8-12-38(13-9-35)46(58)54-20-24-56(25-21-54)48(60)50(62)32-44(50)41-28-34(29-41)33-67(64)52-43-7-3-5-40(31-43)36-10-14-37(15-11-36)45(57)53-18-22-55(23-19-53)47(59)49(61)16-17-49/h2-15,30-31,34,41,44,51-52,61-62H,16-29,32-33H2,1H3. The molecule has 2 saturated heterocycles. The van der Waals surface area contributed by atoms with Gasteiger partial charge in [0, 0.05) is 82.4 Å². The first-order chi connectivity index (χ1) is 32.3. The van der Waals surface area contributed by atoms with Gasteiger partial charge in [0.15, 0.2) is 5.75 Å². The Hall–Kier alpha value is -5.14. The molecule has 3 saturated carbocycles. The molecule has 4 aromatic carbocycles. The largest absolute Gasteiger partial charge is 0.593 e. The fraction of sp³-hybridized carbons (Fsp3) is 0.440. The number of carbonyl (C=O) groups excluding carboxylic acids is 4. The molecule has 354 valence electrons. The number of piperazine rings is 2. The molecule has 67 heavy (non-hydrogen) atoms. The molecule has 4 amide bonds. The second-order valence-electron chi connectivity index (χ2n) is 18.6. The Labute approximate surface area is 397 Å². The Bertz CT molecular complexity index is 2440. The first-order valence-electron chi connectivity index (χ1n) is 23.1. The number of nitrogens with one attached hydrogen (secondary N) is 2. The van der Waals surface area contributed by atoms with Crippen LogP contribution >= 0.6 is 0 Å². The van der Waals surface area contributed by atoms with Crippen molar-refractivity contribution in [1.82, 2.24) is 19.6 Å². The van der Waals surface area contributed by atoms with E-state index in [1.54, 1.807) is 51.0 Å². The van der Waals surface area contributed by atoms with E-state index in [-0.39, 0.29) is 41.4 Å². The summed E-state index contributed by atoms with van der Waals surface area (Å²) >= 11 is -2.60. The number of hydrogen-bond acceptors (Lipinski definition) is 11. The molecule has 0 radical (unpaired) electrons. The lowest BCUT2D eigenvalue weighted by molar-refractivity contribution is -0.146. The van der Waals surface area contributed by atoms with Crippen molar-refractivity contribution in [3.63, 3.8) is 0 Å². The van der Waals surface area contributed by atoms with Gasteiger partial charge in [0.2, 0.25) is 0 Å². The van der Waals surface area contributed by atoms with E-state index in [0.717, 1.165) is 46.5 Å². The molecule has 2 aliphatic heterocycles. The zero-order chi connectivity index (χ0) is 46.9. The van der Waals surface area contributed by atoms with E-state index in [9.17, 15) is 38.5 Å². The van der Waals surface area contributed by atoms with Gasteiger partial charge in [-0.05, 0) is 109 Å². The summed E-state index contributed by atoms with van der Waals surface area (Å²) in [5.41, 5.74) is 3.64. The van der Waals surface area contributed by atoms with Gasteiger partial charge in [0.25, 0.3) is 23.6 Å². The van der Waals surface area contributed by atoms with E-state index in [2.05, 4.69) is 9.44 Å². The molecule has 2 heterocycles. The van der Waals surface area contributed by atoms with Gasteiger partial charge in [-0.1, -0.05) is 48.5 Å². The summed E-state index contributed by atoms with van der Waals surface area (Å²) < 4.78 is 36.7. The van der Waals surface area contributed by atoms with Gasteiger partial charge >= 0.3 is 0 Å². The van der Waals surface area contributed by atoms with Crippen LogP contribution in [0.4, 0.5) is 11.4 Å². The highest BCUT2D eigenvalue weighted by Gasteiger charge is 2.64. The number of rotatable bonds is 16. The highest BCUT2D eigenvalue weighted by atomic mass is 32.2. The summed E-state index contributed by atoms with van der Waals surface area (Å²) in [5, 5.41) is 21.6. The van der Waals surface area contributed by atoms with Crippen molar-refractivity contribution >= 4 is 57.7 Å². The summed E-state index contributed by atoms with van der Waals surface area (Å²) in [4.78, 5) is 59.6. The number of ether oxygens (including phenoxy) is 1. The van der Waals surface area contributed by atoms with E-state index >= 15 is 0 Å². The lowest BCUT2D eigenvalue weighted by Crippen LogP contribution is -2.54. The average Bonchev–Trinajstić information content (AvgIpc) is 4.27. The van der Waals surface area contributed by atoms with Crippen LogP contribution in [0.25, 0.3) is 22.3 Å². The van der Waals surface area contributed by atoms with E-state index in [1.807, 2.05) is 72.8 Å². The Morgan fingerprint density at radius 2 is 1.10 bits per heavy atom. The maximum Gasteiger partial charge on any atom is 0.254 e. The molecule has 0 spiro atoms. The third-order valence-electron chi connectivity index (χ3n) is 14.0.